The summed E-state index contributed by atoms with van der Waals surface area (Å²) in [6.45, 7) is 7.18. The van der Waals surface area contributed by atoms with Gasteiger partial charge in [-0.25, -0.2) is 16.8 Å². The second-order valence-electron chi connectivity index (χ2n) is 9.69. The smallest absolute Gasteiger partial charge is 0.280 e. The van der Waals surface area contributed by atoms with Crippen LogP contribution in [0.5, 0.6) is 0 Å². The third-order valence-electron chi connectivity index (χ3n) is 5.91. The van der Waals surface area contributed by atoms with Crippen molar-refractivity contribution in [1.29, 1.82) is 0 Å². The number of nitrogens with two attached hydrogens (primary N) is 2. The third-order valence-corrected chi connectivity index (χ3v) is 11.6. The van der Waals surface area contributed by atoms with Gasteiger partial charge in [-0.1, -0.05) is 26.7 Å². The molecule has 1 amide bonds. The van der Waals surface area contributed by atoms with Crippen LogP contribution in [0.25, 0.3) is 0 Å². The second-order valence-corrected chi connectivity index (χ2v) is 17.1. The Bertz CT molecular complexity index is 1670. The van der Waals surface area contributed by atoms with Crippen molar-refractivity contribution in [2.75, 3.05) is 24.0 Å². The number of aliphatic imine (C=N–C) groups is 1. The molecule has 0 fully saturated rings. The van der Waals surface area contributed by atoms with Crippen LogP contribution in [0.4, 0.5) is 0 Å². The van der Waals surface area contributed by atoms with Crippen LogP contribution >= 0.6 is 11.6 Å². The van der Waals surface area contributed by atoms with Gasteiger partial charge < -0.3 is 11.5 Å². The number of carbonyl (C=O) groups excluding carboxylic acids is 2. The number of halogens is 1. The summed E-state index contributed by atoms with van der Waals surface area (Å²) in [4.78, 5) is 26.9. The summed E-state index contributed by atoms with van der Waals surface area (Å²) in [5.74, 6) is -0.393. The summed E-state index contributed by atoms with van der Waals surface area (Å²) in [5, 5.41) is -0.724. The Labute approximate surface area is 263 Å². The van der Waals surface area contributed by atoms with E-state index < -0.39 is 58.4 Å². The zero-order chi connectivity index (χ0) is 33.3. The molecule has 0 saturated heterocycles. The highest BCUT2D eigenvalue weighted by Crippen LogP contribution is 2.27. The molecule has 0 heterocycles. The number of amides is 1. The first-order chi connectivity index (χ1) is 19.8. The lowest BCUT2D eigenvalue weighted by Crippen LogP contribution is -2.24. The molecule has 0 aliphatic carbocycles. The predicted octanol–water partition coefficient (Wildman–Crippen LogP) is 3.41. The van der Waals surface area contributed by atoms with Gasteiger partial charge in [0.05, 0.1) is 41.2 Å². The lowest BCUT2D eigenvalue weighted by atomic mass is 10.1. The normalized spacial score (nSPS) is 12.9. The lowest BCUT2D eigenvalue weighted by Gasteiger charge is -2.12. The van der Waals surface area contributed by atoms with Crippen LogP contribution in [0.2, 0.25) is 0 Å². The molecule has 2 aromatic rings. The Hall–Kier alpha value is -2.46. The van der Waals surface area contributed by atoms with E-state index >= 15 is 0 Å². The van der Waals surface area contributed by atoms with Gasteiger partial charge >= 0.3 is 0 Å². The van der Waals surface area contributed by atoms with Gasteiger partial charge in [0.1, 0.15) is 0 Å². The van der Waals surface area contributed by atoms with Crippen molar-refractivity contribution in [3.63, 3.8) is 0 Å². The fourth-order valence-corrected chi connectivity index (χ4v) is 9.56. The van der Waals surface area contributed by atoms with Crippen LogP contribution in [0.1, 0.15) is 71.4 Å². The van der Waals surface area contributed by atoms with Gasteiger partial charge in [0, 0.05) is 35.1 Å². The van der Waals surface area contributed by atoms with Crippen molar-refractivity contribution in [2.24, 2.45) is 16.5 Å². The summed E-state index contributed by atoms with van der Waals surface area (Å²) in [7, 11) is -10.1. The molecule has 0 aliphatic rings. The van der Waals surface area contributed by atoms with E-state index in [1.807, 2.05) is 13.8 Å². The van der Waals surface area contributed by atoms with Crippen molar-refractivity contribution in [1.82, 2.24) is 0 Å². The number of unbranched alkanes of at least 4 members (excludes halogenated alkanes) is 2. The van der Waals surface area contributed by atoms with Gasteiger partial charge in [0.2, 0.25) is 0 Å². The standard InChI is InChI=1S/C14H21N3O4S2.C13H17ClO4S2/c1-4-5-6-22(19)11-7-9(2)10(13(18)17-14(15)16)8-12(11)23(3,20)21;1-4-5-6-19(16)11-7-9(2)10(13(14)15)8-12(11)20(3,17)18/h7-8H,4-6H2,1-3H3,(H4,15,16,17,18);7-8H,4-6H2,1-3H3. The van der Waals surface area contributed by atoms with Crippen LogP contribution in [0.15, 0.2) is 48.8 Å². The fourth-order valence-electron chi connectivity index (χ4n) is 3.65. The number of sulfone groups is 2. The molecule has 2 atom stereocenters. The largest absolute Gasteiger partial charge is 0.370 e. The monoisotopic (exact) mass is 695 g/mol. The lowest BCUT2D eigenvalue weighted by molar-refractivity contribution is 0.100. The number of benzene rings is 2. The van der Waals surface area contributed by atoms with E-state index in [-0.39, 0.29) is 30.7 Å². The van der Waals surface area contributed by atoms with Crippen molar-refractivity contribution < 1.29 is 34.8 Å². The molecule has 0 saturated carbocycles. The molecule has 0 radical (unpaired) electrons. The zero-order valence-corrected chi connectivity index (χ0v) is 29.0. The minimum absolute atomic E-state index is 0.0649. The SMILES string of the molecule is CCCCS(=O)c1cc(C)c(C(=O)Cl)cc1S(C)(=O)=O.CCCCS(=O)c1cc(C)c(C(=O)N=C(N)N)cc1S(C)(=O)=O. The van der Waals surface area contributed by atoms with Gasteiger partial charge in [0.15, 0.2) is 25.6 Å². The zero-order valence-electron chi connectivity index (χ0n) is 24.9. The van der Waals surface area contributed by atoms with Crippen LogP contribution in [-0.2, 0) is 41.3 Å². The number of aryl methyl sites for hydroxylation is 2. The minimum Gasteiger partial charge on any atom is -0.370 e. The Morgan fingerprint density at radius 2 is 1.14 bits per heavy atom. The first kappa shape index (κ1) is 38.6. The maximum atomic E-state index is 12.4. The molecule has 2 unspecified atom stereocenters. The van der Waals surface area contributed by atoms with Crippen molar-refractivity contribution in [2.45, 2.75) is 73.0 Å². The molecule has 4 N–H and O–H groups in total. The topological polar surface area (TPSA) is 201 Å². The van der Waals surface area contributed by atoms with E-state index in [4.69, 9.17) is 23.1 Å². The number of rotatable bonds is 12. The van der Waals surface area contributed by atoms with Crippen LogP contribution in [0, 0.1) is 13.8 Å². The molecule has 2 rings (SSSR count). The predicted molar refractivity (Wildman–Crippen MR) is 171 cm³/mol. The Balaban J connectivity index is 0.000000434. The van der Waals surface area contributed by atoms with Gasteiger partial charge in [-0.05, 0) is 73.7 Å². The van der Waals surface area contributed by atoms with E-state index in [0.717, 1.165) is 31.8 Å². The summed E-state index contributed by atoms with van der Waals surface area (Å²) in [6, 6.07) is 5.35. The fraction of sp³-hybridized carbons (Fsp3) is 0.444. The summed E-state index contributed by atoms with van der Waals surface area (Å²) < 4.78 is 72.3. The van der Waals surface area contributed by atoms with Gasteiger partial charge in [0.25, 0.3) is 11.1 Å². The molecule has 16 heteroatoms. The first-order valence-corrected chi connectivity index (χ1v) is 19.9. The van der Waals surface area contributed by atoms with Crippen LogP contribution in [0.3, 0.4) is 0 Å². The molecule has 240 valence electrons. The number of hydrogen-bond donors (Lipinski definition) is 2. The molecule has 0 spiro atoms. The highest BCUT2D eigenvalue weighted by molar-refractivity contribution is 7.92. The van der Waals surface area contributed by atoms with Crippen molar-refractivity contribution in [3.05, 3.63) is 46.5 Å². The molecule has 0 bridgehead atoms. The van der Waals surface area contributed by atoms with E-state index in [1.165, 1.54) is 24.3 Å². The summed E-state index contributed by atoms with van der Waals surface area (Å²) >= 11 is 5.44. The Morgan fingerprint density at radius 3 is 1.47 bits per heavy atom. The summed E-state index contributed by atoms with van der Waals surface area (Å²) in [6.07, 6.45) is 5.21. The van der Waals surface area contributed by atoms with Crippen LogP contribution < -0.4 is 11.5 Å². The third kappa shape index (κ3) is 11.5. The first-order valence-electron chi connectivity index (χ1n) is 13.1. The van der Waals surface area contributed by atoms with Gasteiger partial charge in [-0.3, -0.25) is 18.0 Å². The van der Waals surface area contributed by atoms with Gasteiger partial charge in [-0.15, -0.1) is 0 Å². The molecule has 0 aromatic heterocycles. The molecular weight excluding hydrogens is 658 g/mol. The highest BCUT2D eigenvalue weighted by atomic mass is 35.5. The summed E-state index contributed by atoms with van der Waals surface area (Å²) in [5.41, 5.74) is 11.5. The van der Waals surface area contributed by atoms with E-state index in [2.05, 4.69) is 4.99 Å². The number of hydrogen-bond acceptors (Lipinski definition) is 8. The Kier molecular flexibility index (Phi) is 14.9. The molecule has 43 heavy (non-hydrogen) atoms. The highest BCUT2D eigenvalue weighted by Gasteiger charge is 2.23. The molecule has 2 aromatic carbocycles. The number of carbonyl (C=O) groups is 2. The van der Waals surface area contributed by atoms with E-state index in [9.17, 15) is 34.8 Å². The maximum Gasteiger partial charge on any atom is 0.280 e. The maximum absolute atomic E-state index is 12.4. The van der Waals surface area contributed by atoms with E-state index in [1.54, 1.807) is 13.8 Å². The molecule has 11 nitrogen and oxygen atoms in total. The van der Waals surface area contributed by atoms with E-state index in [0.29, 0.717) is 29.1 Å². The quantitative estimate of drug-likeness (QED) is 0.188. The molecule has 0 aliphatic heterocycles. The number of nitrogens with zero attached hydrogens (tertiary/aromatic N) is 1. The second kappa shape index (κ2) is 16.6. The minimum atomic E-state index is -3.66. The van der Waals surface area contributed by atoms with Gasteiger partial charge in [-0.2, -0.15) is 4.99 Å². The van der Waals surface area contributed by atoms with Crippen molar-refractivity contribution >= 4 is 70.0 Å². The molecular formula is C27H38ClN3O8S4. The average Bonchev–Trinajstić information content (AvgIpc) is 2.88. The number of guanidine groups is 1. The Morgan fingerprint density at radius 1 is 0.767 bits per heavy atom. The van der Waals surface area contributed by atoms with Crippen molar-refractivity contribution in [3.8, 4) is 0 Å². The van der Waals surface area contributed by atoms with Crippen LogP contribution in [-0.4, -0.2) is 66.4 Å². The average molecular weight is 696 g/mol.